The van der Waals surface area contributed by atoms with Gasteiger partial charge in [-0.15, -0.1) is 0 Å². The molecule has 0 atom stereocenters. The van der Waals surface area contributed by atoms with Crippen LogP contribution in [0.2, 0.25) is 0 Å². The highest BCUT2D eigenvalue weighted by Crippen LogP contribution is 2.21. The lowest BCUT2D eigenvalue weighted by Crippen LogP contribution is -2.26. The average Bonchev–Trinajstić information content (AvgIpc) is 2.87. The van der Waals surface area contributed by atoms with Gasteiger partial charge in [-0.25, -0.2) is 18.1 Å². The Labute approximate surface area is 83.4 Å². The molecule has 1 aliphatic carbocycles. The summed E-state index contributed by atoms with van der Waals surface area (Å²) in [7, 11) is -3.38. The summed E-state index contributed by atoms with van der Waals surface area (Å²) in [4.78, 5) is 3.84. The van der Waals surface area contributed by atoms with Crippen molar-refractivity contribution in [2.75, 3.05) is 0 Å². The maximum Gasteiger partial charge on any atom is 0.258 e. The lowest BCUT2D eigenvalue weighted by atomic mass is 10.3. The monoisotopic (exact) mass is 212 g/mol. The van der Waals surface area contributed by atoms with E-state index in [0.29, 0.717) is 0 Å². The van der Waals surface area contributed by atoms with Crippen LogP contribution in [0.1, 0.15) is 18.4 Å². The second-order valence-corrected chi connectivity index (χ2v) is 5.23. The third-order valence-electron chi connectivity index (χ3n) is 2.06. The van der Waals surface area contributed by atoms with E-state index in [1.54, 1.807) is 12.1 Å². The molecule has 1 fully saturated rings. The molecule has 0 saturated heterocycles. The van der Waals surface area contributed by atoms with Gasteiger partial charge in [-0.3, -0.25) is 0 Å². The summed E-state index contributed by atoms with van der Waals surface area (Å²) >= 11 is 0. The molecule has 0 unspecified atom stereocenters. The van der Waals surface area contributed by atoms with E-state index in [1.165, 1.54) is 6.20 Å². The Bertz CT molecular complexity index is 438. The van der Waals surface area contributed by atoms with Crippen LogP contribution in [-0.4, -0.2) is 19.4 Å². The van der Waals surface area contributed by atoms with Crippen molar-refractivity contribution in [3.05, 3.63) is 23.9 Å². The van der Waals surface area contributed by atoms with Crippen LogP contribution < -0.4 is 4.72 Å². The highest BCUT2D eigenvalue weighted by atomic mass is 32.2. The number of aromatic nitrogens is 1. The Hall–Kier alpha value is -0.940. The summed E-state index contributed by atoms with van der Waals surface area (Å²) in [5.74, 6) is 0. The van der Waals surface area contributed by atoms with Gasteiger partial charge in [0, 0.05) is 12.2 Å². The van der Waals surface area contributed by atoms with Crippen molar-refractivity contribution in [1.29, 1.82) is 0 Å². The molecule has 1 N–H and O–H groups in total. The molecule has 1 aromatic heterocycles. The van der Waals surface area contributed by atoms with Crippen LogP contribution in [-0.2, 0) is 10.0 Å². The van der Waals surface area contributed by atoms with Gasteiger partial charge >= 0.3 is 0 Å². The number of aryl methyl sites for hydroxylation is 1. The van der Waals surface area contributed by atoms with Gasteiger partial charge in [0.05, 0.1) is 0 Å². The lowest BCUT2D eigenvalue weighted by Gasteiger charge is -2.04. The Morgan fingerprint density at radius 1 is 1.50 bits per heavy atom. The van der Waals surface area contributed by atoms with Gasteiger partial charge in [0.25, 0.3) is 10.0 Å². The predicted molar refractivity (Wildman–Crippen MR) is 52.3 cm³/mol. The van der Waals surface area contributed by atoms with E-state index in [4.69, 9.17) is 0 Å². The first-order chi connectivity index (χ1) is 6.58. The first kappa shape index (κ1) is 9.61. The van der Waals surface area contributed by atoms with E-state index >= 15 is 0 Å². The normalized spacial score (nSPS) is 16.9. The molecule has 0 amide bonds. The first-order valence-electron chi connectivity index (χ1n) is 4.53. The van der Waals surface area contributed by atoms with Crippen LogP contribution in [0, 0.1) is 6.92 Å². The zero-order chi connectivity index (χ0) is 10.2. The van der Waals surface area contributed by atoms with E-state index < -0.39 is 10.0 Å². The quantitative estimate of drug-likeness (QED) is 0.807. The van der Waals surface area contributed by atoms with Gasteiger partial charge in [0.1, 0.15) is 0 Å². The SMILES string of the molecule is Cc1ccnc(S(=O)(=O)NC2CC2)c1. The predicted octanol–water partition coefficient (Wildman–Crippen LogP) is 0.831. The molecule has 0 aromatic carbocycles. The van der Waals surface area contributed by atoms with Crippen molar-refractivity contribution in [1.82, 2.24) is 9.71 Å². The molecule has 76 valence electrons. The number of hydrogen-bond acceptors (Lipinski definition) is 3. The van der Waals surface area contributed by atoms with Crippen LogP contribution in [0.3, 0.4) is 0 Å². The molecule has 0 bridgehead atoms. The summed E-state index contributed by atoms with van der Waals surface area (Å²) in [6.45, 7) is 1.85. The maximum atomic E-state index is 11.7. The minimum Gasteiger partial charge on any atom is -0.243 e. The van der Waals surface area contributed by atoms with E-state index in [2.05, 4.69) is 9.71 Å². The molecular formula is C9H12N2O2S. The van der Waals surface area contributed by atoms with E-state index in [-0.39, 0.29) is 11.1 Å². The van der Waals surface area contributed by atoms with Gasteiger partial charge in [-0.05, 0) is 37.5 Å². The fraction of sp³-hybridized carbons (Fsp3) is 0.444. The molecule has 1 heterocycles. The number of nitrogens with zero attached hydrogens (tertiary/aromatic N) is 1. The largest absolute Gasteiger partial charge is 0.258 e. The number of sulfonamides is 1. The molecule has 0 radical (unpaired) electrons. The molecule has 1 aliphatic rings. The minimum absolute atomic E-state index is 0.115. The summed E-state index contributed by atoms with van der Waals surface area (Å²) in [6, 6.07) is 3.48. The third kappa shape index (κ3) is 2.10. The van der Waals surface area contributed by atoms with Gasteiger partial charge < -0.3 is 0 Å². The Morgan fingerprint density at radius 2 is 2.21 bits per heavy atom. The molecule has 4 nitrogen and oxygen atoms in total. The molecule has 0 spiro atoms. The molecule has 5 heteroatoms. The second-order valence-electron chi connectivity index (χ2n) is 3.57. The molecule has 14 heavy (non-hydrogen) atoms. The van der Waals surface area contributed by atoms with E-state index in [1.807, 2.05) is 6.92 Å². The highest BCUT2D eigenvalue weighted by molar-refractivity contribution is 7.89. The van der Waals surface area contributed by atoms with Crippen molar-refractivity contribution >= 4 is 10.0 Å². The van der Waals surface area contributed by atoms with Gasteiger partial charge in [0.15, 0.2) is 5.03 Å². The van der Waals surface area contributed by atoms with Crippen molar-refractivity contribution in [2.45, 2.75) is 30.8 Å². The first-order valence-corrected chi connectivity index (χ1v) is 6.01. The van der Waals surface area contributed by atoms with Crippen molar-refractivity contribution in [2.24, 2.45) is 0 Å². The number of hydrogen-bond donors (Lipinski definition) is 1. The van der Waals surface area contributed by atoms with Crippen molar-refractivity contribution in [3.8, 4) is 0 Å². The Kier molecular flexibility index (Phi) is 2.28. The average molecular weight is 212 g/mol. The smallest absolute Gasteiger partial charge is 0.243 e. The minimum atomic E-state index is -3.38. The Balaban J connectivity index is 2.28. The molecule has 2 rings (SSSR count). The van der Waals surface area contributed by atoms with Gasteiger partial charge in [0.2, 0.25) is 0 Å². The van der Waals surface area contributed by atoms with E-state index in [0.717, 1.165) is 18.4 Å². The Morgan fingerprint density at radius 3 is 2.79 bits per heavy atom. The van der Waals surface area contributed by atoms with Crippen LogP contribution in [0.5, 0.6) is 0 Å². The number of rotatable bonds is 3. The fourth-order valence-corrected chi connectivity index (χ4v) is 2.47. The summed E-state index contributed by atoms with van der Waals surface area (Å²) in [6.07, 6.45) is 3.38. The van der Waals surface area contributed by atoms with Crippen LogP contribution in [0.4, 0.5) is 0 Å². The molecule has 0 aliphatic heterocycles. The van der Waals surface area contributed by atoms with Gasteiger partial charge in [-0.2, -0.15) is 0 Å². The summed E-state index contributed by atoms with van der Waals surface area (Å²) in [5.41, 5.74) is 0.899. The van der Waals surface area contributed by atoms with Crippen LogP contribution >= 0.6 is 0 Å². The summed E-state index contributed by atoms with van der Waals surface area (Å²) in [5, 5.41) is 0.115. The topological polar surface area (TPSA) is 59.1 Å². The zero-order valence-electron chi connectivity index (χ0n) is 7.90. The molecule has 1 aromatic rings. The lowest BCUT2D eigenvalue weighted by molar-refractivity contribution is 0.577. The summed E-state index contributed by atoms with van der Waals surface area (Å²) < 4.78 is 25.9. The molecular weight excluding hydrogens is 200 g/mol. The van der Waals surface area contributed by atoms with Crippen molar-refractivity contribution < 1.29 is 8.42 Å². The van der Waals surface area contributed by atoms with Crippen LogP contribution in [0.25, 0.3) is 0 Å². The zero-order valence-corrected chi connectivity index (χ0v) is 8.71. The van der Waals surface area contributed by atoms with E-state index in [9.17, 15) is 8.42 Å². The van der Waals surface area contributed by atoms with Crippen LogP contribution in [0.15, 0.2) is 23.4 Å². The van der Waals surface area contributed by atoms with Crippen molar-refractivity contribution in [3.63, 3.8) is 0 Å². The fourth-order valence-electron chi connectivity index (χ4n) is 1.14. The number of pyridine rings is 1. The standard InChI is InChI=1S/C9H12N2O2S/c1-7-4-5-10-9(6-7)14(12,13)11-8-2-3-8/h4-6,8,11H,2-3H2,1H3. The third-order valence-corrected chi connectivity index (χ3v) is 3.48. The van der Waals surface area contributed by atoms with Gasteiger partial charge in [-0.1, -0.05) is 0 Å². The highest BCUT2D eigenvalue weighted by Gasteiger charge is 2.28. The molecule has 1 saturated carbocycles. The maximum absolute atomic E-state index is 11.7. The second kappa shape index (κ2) is 3.33. The number of nitrogens with one attached hydrogen (secondary N) is 1.